The Morgan fingerprint density at radius 3 is 2.64 bits per heavy atom. The van der Waals surface area contributed by atoms with Gasteiger partial charge in [0.1, 0.15) is 11.6 Å². The maximum absolute atomic E-state index is 12.7. The maximum Gasteiger partial charge on any atom is 0.282 e. The second-order valence-electron chi connectivity index (χ2n) is 6.74. The summed E-state index contributed by atoms with van der Waals surface area (Å²) in [5.41, 5.74) is 0.534. The largest absolute Gasteiger partial charge is 0.312 e. The summed E-state index contributed by atoms with van der Waals surface area (Å²) in [6, 6.07) is 11.9. The molecule has 4 rings (SSSR count). The second kappa shape index (κ2) is 6.77. The van der Waals surface area contributed by atoms with Crippen LogP contribution in [-0.4, -0.2) is 40.3 Å². The average Bonchev–Trinajstić information content (AvgIpc) is 3.22. The van der Waals surface area contributed by atoms with Crippen LogP contribution < -0.4 is 4.90 Å². The molecule has 0 radical (unpaired) electrons. The Balaban J connectivity index is 1.58. The van der Waals surface area contributed by atoms with Crippen LogP contribution in [-0.2, 0) is 0 Å². The lowest BCUT2D eigenvalue weighted by Gasteiger charge is -2.24. The molecule has 9 heteroatoms. The Hall–Kier alpha value is -3.17. The number of nitrogens with zero attached hydrogens (tertiary/aromatic N) is 3. The SMILES string of the molecule is C[C@@H](c1nc2ccccc2s1)[NH+](C)CN1C(=O)c2cccc([N+](=O)[O-])c2C1=O. The van der Waals surface area contributed by atoms with Gasteiger partial charge in [0.05, 0.1) is 27.8 Å². The van der Waals surface area contributed by atoms with Crippen molar-refractivity contribution in [1.82, 2.24) is 9.88 Å². The highest BCUT2D eigenvalue weighted by atomic mass is 32.1. The average molecular weight is 397 g/mol. The van der Waals surface area contributed by atoms with Crippen LogP contribution in [0.4, 0.5) is 5.69 Å². The van der Waals surface area contributed by atoms with Crippen molar-refractivity contribution >= 4 is 39.1 Å². The molecule has 0 spiro atoms. The molecule has 0 fully saturated rings. The Bertz CT molecular complexity index is 1090. The molecule has 1 aromatic heterocycles. The van der Waals surface area contributed by atoms with Crippen LogP contribution in [0.25, 0.3) is 10.2 Å². The van der Waals surface area contributed by atoms with E-state index in [2.05, 4.69) is 4.98 Å². The Kier molecular flexibility index (Phi) is 4.40. The first-order chi connectivity index (χ1) is 13.4. The highest BCUT2D eigenvalue weighted by Gasteiger charge is 2.42. The molecule has 1 aliphatic rings. The van der Waals surface area contributed by atoms with Gasteiger partial charge in [-0.1, -0.05) is 18.2 Å². The molecule has 1 aliphatic heterocycles. The first kappa shape index (κ1) is 18.2. The third-order valence-electron chi connectivity index (χ3n) is 5.00. The summed E-state index contributed by atoms with van der Waals surface area (Å²) >= 11 is 1.58. The quantitative estimate of drug-likeness (QED) is 0.404. The summed E-state index contributed by atoms with van der Waals surface area (Å²) in [6.45, 7) is 2.08. The van der Waals surface area contributed by atoms with Crippen molar-refractivity contribution in [2.24, 2.45) is 0 Å². The van der Waals surface area contributed by atoms with Gasteiger partial charge in [0.25, 0.3) is 17.5 Å². The Labute approximate surface area is 164 Å². The predicted octanol–water partition coefficient (Wildman–Crippen LogP) is 2.03. The molecule has 142 valence electrons. The van der Waals surface area contributed by atoms with Crippen LogP contribution in [0.3, 0.4) is 0 Å². The number of hydrogen-bond donors (Lipinski definition) is 1. The molecule has 0 saturated carbocycles. The fourth-order valence-corrected chi connectivity index (χ4v) is 4.40. The van der Waals surface area contributed by atoms with Gasteiger partial charge in [-0.2, -0.15) is 0 Å². The minimum absolute atomic E-state index is 0.0586. The number of rotatable bonds is 5. The number of hydrogen-bond acceptors (Lipinski definition) is 6. The molecular weight excluding hydrogens is 380 g/mol. The second-order valence-corrected chi connectivity index (χ2v) is 7.80. The lowest BCUT2D eigenvalue weighted by Crippen LogP contribution is -3.10. The van der Waals surface area contributed by atoms with Gasteiger partial charge in [-0.25, -0.2) is 9.88 Å². The minimum atomic E-state index is -0.631. The molecule has 8 nitrogen and oxygen atoms in total. The number of para-hydroxylation sites is 1. The normalized spacial score (nSPS) is 15.7. The van der Waals surface area contributed by atoms with E-state index in [0.29, 0.717) is 0 Å². The van der Waals surface area contributed by atoms with Crippen molar-refractivity contribution in [2.75, 3.05) is 13.7 Å². The fourth-order valence-electron chi connectivity index (χ4n) is 3.28. The molecule has 1 unspecified atom stereocenters. The standard InChI is InChI=1S/C19H16N4O4S/c1-11(17-20-13-7-3-4-9-15(13)28-17)21(2)10-22-18(24)12-6-5-8-14(23(26)27)16(12)19(22)25/h3-9,11H,10H2,1-2H3/p+1/t11-/m0/s1. The summed E-state index contributed by atoms with van der Waals surface area (Å²) in [7, 11) is 1.87. The molecule has 0 saturated heterocycles. The number of nitrogens with one attached hydrogen (secondary N) is 1. The highest BCUT2D eigenvalue weighted by molar-refractivity contribution is 7.18. The number of amides is 2. The lowest BCUT2D eigenvalue weighted by molar-refractivity contribution is -0.917. The van der Waals surface area contributed by atoms with Crippen molar-refractivity contribution < 1.29 is 19.4 Å². The number of carbonyl (C=O) groups is 2. The lowest BCUT2D eigenvalue weighted by atomic mass is 10.1. The van der Waals surface area contributed by atoms with Crippen molar-refractivity contribution in [3.05, 3.63) is 68.7 Å². The van der Waals surface area contributed by atoms with E-state index >= 15 is 0 Å². The Morgan fingerprint density at radius 1 is 1.18 bits per heavy atom. The monoisotopic (exact) mass is 397 g/mol. The van der Waals surface area contributed by atoms with Gasteiger partial charge in [-0.3, -0.25) is 19.7 Å². The number of nitro groups is 1. The molecule has 0 bridgehead atoms. The third kappa shape index (κ3) is 2.85. The zero-order valence-corrected chi connectivity index (χ0v) is 16.0. The van der Waals surface area contributed by atoms with Crippen molar-refractivity contribution in [3.63, 3.8) is 0 Å². The predicted molar refractivity (Wildman–Crippen MR) is 103 cm³/mol. The number of benzene rings is 2. The summed E-state index contributed by atoms with van der Waals surface area (Å²) in [5.74, 6) is -1.12. The van der Waals surface area contributed by atoms with Gasteiger partial charge in [0, 0.05) is 6.07 Å². The highest BCUT2D eigenvalue weighted by Crippen LogP contribution is 2.30. The smallest absolute Gasteiger partial charge is 0.282 e. The van der Waals surface area contributed by atoms with E-state index < -0.39 is 16.7 Å². The number of quaternary nitrogens is 1. The topological polar surface area (TPSA) is 97.8 Å². The molecule has 28 heavy (non-hydrogen) atoms. The van der Waals surface area contributed by atoms with Crippen LogP contribution in [0.15, 0.2) is 42.5 Å². The third-order valence-corrected chi connectivity index (χ3v) is 6.22. The zero-order valence-electron chi connectivity index (χ0n) is 15.2. The molecule has 2 atom stereocenters. The molecule has 2 heterocycles. The first-order valence-corrected chi connectivity index (χ1v) is 9.51. The van der Waals surface area contributed by atoms with Crippen LogP contribution in [0, 0.1) is 10.1 Å². The number of aromatic nitrogens is 1. The number of imide groups is 1. The van der Waals surface area contributed by atoms with E-state index in [-0.39, 0.29) is 29.5 Å². The van der Waals surface area contributed by atoms with E-state index in [9.17, 15) is 19.7 Å². The number of thiazole rings is 1. The van der Waals surface area contributed by atoms with Gasteiger partial charge < -0.3 is 4.90 Å². The van der Waals surface area contributed by atoms with E-state index in [1.54, 1.807) is 11.3 Å². The molecular formula is C19H17N4O4S+. The molecule has 2 aromatic carbocycles. The molecule has 0 aliphatic carbocycles. The summed E-state index contributed by atoms with van der Waals surface area (Å²) < 4.78 is 1.08. The summed E-state index contributed by atoms with van der Waals surface area (Å²) in [5, 5.41) is 12.1. The minimum Gasteiger partial charge on any atom is -0.312 e. The summed E-state index contributed by atoms with van der Waals surface area (Å²) in [6.07, 6.45) is 0. The van der Waals surface area contributed by atoms with Gasteiger partial charge >= 0.3 is 0 Å². The van der Waals surface area contributed by atoms with Crippen molar-refractivity contribution in [2.45, 2.75) is 13.0 Å². The van der Waals surface area contributed by atoms with E-state index in [4.69, 9.17) is 0 Å². The first-order valence-electron chi connectivity index (χ1n) is 8.70. The maximum atomic E-state index is 12.7. The van der Waals surface area contributed by atoms with E-state index in [0.717, 1.165) is 25.0 Å². The van der Waals surface area contributed by atoms with E-state index in [1.807, 2.05) is 38.2 Å². The molecule has 1 N–H and O–H groups in total. The Morgan fingerprint density at radius 2 is 1.93 bits per heavy atom. The summed E-state index contributed by atoms with van der Waals surface area (Å²) in [4.78, 5) is 42.6. The van der Waals surface area contributed by atoms with Gasteiger partial charge in [-0.15, -0.1) is 11.3 Å². The fraction of sp³-hybridized carbons (Fsp3) is 0.211. The van der Waals surface area contributed by atoms with Crippen LogP contribution >= 0.6 is 11.3 Å². The van der Waals surface area contributed by atoms with Crippen molar-refractivity contribution in [1.29, 1.82) is 0 Å². The molecule has 3 aromatic rings. The van der Waals surface area contributed by atoms with Crippen LogP contribution in [0.5, 0.6) is 0 Å². The number of fused-ring (bicyclic) bond motifs is 2. The van der Waals surface area contributed by atoms with Crippen LogP contribution in [0.1, 0.15) is 38.7 Å². The van der Waals surface area contributed by atoms with Crippen LogP contribution in [0.2, 0.25) is 0 Å². The van der Waals surface area contributed by atoms with Gasteiger partial charge in [0.2, 0.25) is 0 Å². The molecule has 2 amide bonds. The van der Waals surface area contributed by atoms with Gasteiger partial charge in [0.15, 0.2) is 11.7 Å². The van der Waals surface area contributed by atoms with Crippen molar-refractivity contribution in [3.8, 4) is 0 Å². The number of nitro benzene ring substituents is 1. The van der Waals surface area contributed by atoms with E-state index in [1.165, 1.54) is 18.2 Å². The number of carbonyl (C=O) groups excluding carboxylic acids is 2. The van der Waals surface area contributed by atoms with Gasteiger partial charge in [-0.05, 0) is 25.1 Å². The zero-order chi connectivity index (χ0) is 20.0.